The third kappa shape index (κ3) is 6.48. The van der Waals surface area contributed by atoms with E-state index in [0.717, 1.165) is 6.42 Å². The molecular weight excluding hydrogens is 685 g/mol. The molecule has 0 bridgehead atoms. The van der Waals surface area contributed by atoms with Crippen LogP contribution in [0.3, 0.4) is 0 Å². The van der Waals surface area contributed by atoms with Gasteiger partial charge in [0.15, 0.2) is 0 Å². The topological polar surface area (TPSA) is 0 Å². The normalized spacial score (nSPS) is 14.9. The molecule has 0 heterocycles. The van der Waals surface area contributed by atoms with E-state index in [1.54, 1.807) is 0 Å². The van der Waals surface area contributed by atoms with Crippen LogP contribution in [0.5, 0.6) is 0 Å². The largest absolute Gasteiger partial charge is 0.0720 e. The third-order valence-corrected chi connectivity index (χ3v) is 12.3. The average molecular weight is 729 g/mol. The van der Waals surface area contributed by atoms with Crippen LogP contribution in [0.2, 0.25) is 0 Å². The zero-order valence-corrected chi connectivity index (χ0v) is 32.5. The van der Waals surface area contributed by atoms with Crippen LogP contribution >= 0.6 is 0 Å². The Labute approximate surface area is 337 Å². The summed E-state index contributed by atoms with van der Waals surface area (Å²) in [7, 11) is 0. The first-order valence-electron chi connectivity index (χ1n) is 20.2. The van der Waals surface area contributed by atoms with Gasteiger partial charge < -0.3 is 0 Å². The van der Waals surface area contributed by atoms with Crippen LogP contribution in [-0.4, -0.2) is 0 Å². The van der Waals surface area contributed by atoms with Crippen molar-refractivity contribution < 1.29 is 0 Å². The van der Waals surface area contributed by atoms with Crippen molar-refractivity contribution in [1.29, 1.82) is 0 Å². The maximum Gasteiger partial charge on any atom is 0.0278 e. The van der Waals surface area contributed by atoms with E-state index in [9.17, 15) is 0 Å². The monoisotopic (exact) mass is 728 g/mol. The highest BCUT2D eigenvalue weighted by Crippen LogP contribution is 2.49. The van der Waals surface area contributed by atoms with Crippen LogP contribution in [0.25, 0.3) is 62.2 Å². The molecule has 1 atom stereocenters. The molecule has 1 unspecified atom stereocenters. The number of rotatable bonds is 7. The molecule has 0 spiro atoms. The summed E-state index contributed by atoms with van der Waals surface area (Å²) >= 11 is 0. The Hall–Kier alpha value is -6.76. The zero-order valence-electron chi connectivity index (χ0n) is 32.5. The molecule has 0 fully saturated rings. The van der Waals surface area contributed by atoms with Gasteiger partial charge >= 0.3 is 0 Å². The molecule has 0 aromatic heterocycles. The highest BCUT2D eigenvalue weighted by Gasteiger charge is 2.35. The van der Waals surface area contributed by atoms with Gasteiger partial charge in [0.2, 0.25) is 0 Å². The van der Waals surface area contributed by atoms with Crippen molar-refractivity contribution in [3.8, 4) is 44.5 Å². The lowest BCUT2D eigenvalue weighted by atomic mass is 9.82. The SMILES string of the molecule is CC1(C)c2ccccc2-c2cc(/C(=C\c3ccc(-c4ccc(C5C=Cc6ccccc6-c6ccccc65)cc4)cc3)Cc3cccc(-c4ccccc4)c3)ccc21. The van der Waals surface area contributed by atoms with E-state index >= 15 is 0 Å². The van der Waals surface area contributed by atoms with Crippen LogP contribution in [0.4, 0.5) is 0 Å². The van der Waals surface area contributed by atoms with Crippen molar-refractivity contribution in [3.05, 3.63) is 245 Å². The molecular formula is C57H44. The molecule has 0 saturated heterocycles. The molecule has 0 nitrogen and oxygen atoms in total. The third-order valence-electron chi connectivity index (χ3n) is 12.3. The summed E-state index contributed by atoms with van der Waals surface area (Å²) in [6.45, 7) is 4.70. The summed E-state index contributed by atoms with van der Waals surface area (Å²) in [6, 6.07) is 71.6. The van der Waals surface area contributed by atoms with E-state index in [2.05, 4.69) is 226 Å². The summed E-state index contributed by atoms with van der Waals surface area (Å²) in [5.41, 5.74) is 22.0. The van der Waals surface area contributed by atoms with Crippen molar-refractivity contribution >= 4 is 17.7 Å². The molecule has 10 rings (SSSR count). The minimum atomic E-state index is -0.0187. The van der Waals surface area contributed by atoms with Gasteiger partial charge in [-0.3, -0.25) is 0 Å². The molecule has 2 aliphatic carbocycles. The van der Waals surface area contributed by atoms with Crippen molar-refractivity contribution in [2.45, 2.75) is 31.6 Å². The van der Waals surface area contributed by atoms with Crippen LogP contribution < -0.4 is 0 Å². The fraction of sp³-hybridized carbons (Fsp3) is 0.0877. The quantitative estimate of drug-likeness (QED) is 0.143. The summed E-state index contributed by atoms with van der Waals surface area (Å²) in [5, 5.41) is 0. The Balaban J connectivity index is 0.976. The maximum absolute atomic E-state index is 2.44. The van der Waals surface area contributed by atoms with Crippen LogP contribution in [0.15, 0.2) is 200 Å². The molecule has 0 amide bonds. The fourth-order valence-electron chi connectivity index (χ4n) is 9.22. The van der Waals surface area contributed by atoms with Crippen LogP contribution in [0.1, 0.15) is 64.3 Å². The van der Waals surface area contributed by atoms with E-state index in [1.807, 2.05) is 0 Å². The highest BCUT2D eigenvalue weighted by molar-refractivity contribution is 5.89. The number of fused-ring (bicyclic) bond motifs is 6. The predicted octanol–water partition coefficient (Wildman–Crippen LogP) is 14.9. The van der Waals surface area contributed by atoms with Gasteiger partial charge in [-0.1, -0.05) is 220 Å². The fourth-order valence-corrected chi connectivity index (χ4v) is 9.22. The lowest BCUT2D eigenvalue weighted by molar-refractivity contribution is 0.660. The summed E-state index contributed by atoms with van der Waals surface area (Å²) in [5.74, 6) is 0.195. The zero-order chi connectivity index (χ0) is 38.3. The number of benzene rings is 8. The van der Waals surface area contributed by atoms with Crippen LogP contribution in [0, 0.1) is 0 Å². The smallest absolute Gasteiger partial charge is 0.0278 e. The molecule has 57 heavy (non-hydrogen) atoms. The Morgan fingerprint density at radius 2 is 1.12 bits per heavy atom. The van der Waals surface area contributed by atoms with Crippen molar-refractivity contribution in [1.82, 2.24) is 0 Å². The van der Waals surface area contributed by atoms with Gasteiger partial charge in [-0.25, -0.2) is 0 Å². The average Bonchev–Trinajstić information content (AvgIpc) is 3.37. The summed E-state index contributed by atoms with van der Waals surface area (Å²) < 4.78 is 0. The first kappa shape index (κ1) is 34.7. The lowest BCUT2D eigenvalue weighted by Gasteiger charge is -2.21. The molecule has 0 radical (unpaired) electrons. The van der Waals surface area contributed by atoms with Gasteiger partial charge in [-0.2, -0.15) is 0 Å². The van der Waals surface area contributed by atoms with E-state index in [1.165, 1.54) is 94.6 Å². The van der Waals surface area contributed by atoms with Gasteiger partial charge in [0.1, 0.15) is 0 Å². The maximum atomic E-state index is 2.44. The minimum absolute atomic E-state index is 0.0187. The molecule has 0 heteroatoms. The lowest BCUT2D eigenvalue weighted by Crippen LogP contribution is -2.14. The molecule has 0 saturated carbocycles. The number of hydrogen-bond acceptors (Lipinski definition) is 0. The number of allylic oxidation sites excluding steroid dienone is 2. The second kappa shape index (κ2) is 14.4. The van der Waals surface area contributed by atoms with Gasteiger partial charge in [0, 0.05) is 11.3 Å². The van der Waals surface area contributed by atoms with Crippen molar-refractivity contribution in [2.24, 2.45) is 0 Å². The molecule has 272 valence electrons. The van der Waals surface area contributed by atoms with Gasteiger partial charge in [0.05, 0.1) is 0 Å². The minimum Gasteiger partial charge on any atom is -0.0720 e. The first-order chi connectivity index (χ1) is 28.0. The van der Waals surface area contributed by atoms with Gasteiger partial charge in [-0.05, 0) is 107 Å². The molecule has 8 aromatic carbocycles. The summed E-state index contributed by atoms with van der Waals surface area (Å²) in [6.07, 6.45) is 7.87. The van der Waals surface area contributed by atoms with E-state index < -0.39 is 0 Å². The van der Waals surface area contributed by atoms with E-state index in [0.29, 0.717) is 0 Å². The van der Waals surface area contributed by atoms with Crippen molar-refractivity contribution in [3.63, 3.8) is 0 Å². The highest BCUT2D eigenvalue weighted by atomic mass is 14.4. The van der Waals surface area contributed by atoms with Crippen LogP contribution in [-0.2, 0) is 11.8 Å². The Morgan fingerprint density at radius 1 is 0.491 bits per heavy atom. The predicted molar refractivity (Wildman–Crippen MR) is 242 cm³/mol. The molecule has 0 aliphatic heterocycles. The van der Waals surface area contributed by atoms with Gasteiger partial charge in [0.25, 0.3) is 0 Å². The first-order valence-corrected chi connectivity index (χ1v) is 20.2. The Morgan fingerprint density at radius 3 is 1.93 bits per heavy atom. The molecule has 2 aliphatic rings. The van der Waals surface area contributed by atoms with Crippen molar-refractivity contribution in [2.75, 3.05) is 0 Å². The summed E-state index contributed by atoms with van der Waals surface area (Å²) in [4.78, 5) is 0. The molecule has 0 N–H and O–H groups in total. The standard InChI is InChI=1S/C57H44/c1-57(2)55-22-11-10-21-53(55)54-38-47(32-34-56(54)57)48(37-40-13-12-17-46(36-40)41-14-4-3-5-15-41)35-39-23-25-42(26-24-39)43-27-29-45(30-28-43)50-33-31-44-16-6-7-18-49(44)51-19-8-9-20-52(50)51/h3-36,38,50H,37H2,1-2H3/b48-35-. The van der Waals surface area contributed by atoms with Gasteiger partial charge in [-0.15, -0.1) is 0 Å². The van der Waals surface area contributed by atoms with E-state index in [4.69, 9.17) is 0 Å². The number of hydrogen-bond donors (Lipinski definition) is 0. The van der Waals surface area contributed by atoms with E-state index in [-0.39, 0.29) is 11.3 Å². The second-order valence-corrected chi connectivity index (χ2v) is 16.1. The second-order valence-electron chi connectivity index (χ2n) is 16.1. The Bertz CT molecular complexity index is 2810. The molecule has 8 aromatic rings. The Kier molecular flexibility index (Phi) is 8.76.